The predicted octanol–water partition coefficient (Wildman–Crippen LogP) is 3.23. The van der Waals surface area contributed by atoms with Gasteiger partial charge in [-0.25, -0.2) is 0 Å². The molecule has 94 valence electrons. The van der Waals surface area contributed by atoms with Crippen LogP contribution in [0.3, 0.4) is 0 Å². The summed E-state index contributed by atoms with van der Waals surface area (Å²) < 4.78 is 5.58. The minimum atomic E-state index is -0.843. The van der Waals surface area contributed by atoms with E-state index in [2.05, 4.69) is 26.8 Å². The molecule has 1 aromatic rings. The van der Waals surface area contributed by atoms with Gasteiger partial charge in [-0.1, -0.05) is 32.9 Å². The van der Waals surface area contributed by atoms with Crippen molar-refractivity contribution in [2.24, 2.45) is 0 Å². The highest BCUT2D eigenvalue weighted by Crippen LogP contribution is 2.26. The lowest BCUT2D eigenvalue weighted by atomic mass is 9.87. The van der Waals surface area contributed by atoms with E-state index in [1.807, 2.05) is 18.2 Å². The quantitative estimate of drug-likeness (QED) is 0.873. The van der Waals surface area contributed by atoms with Gasteiger partial charge in [0.2, 0.25) is 0 Å². The number of ether oxygens (including phenoxy) is 1. The molecule has 3 nitrogen and oxygen atoms in total. The first kappa shape index (κ1) is 13.6. The number of carboxylic acid groups (broad SMARTS) is 1. The second kappa shape index (κ2) is 5.21. The molecule has 0 saturated heterocycles. The lowest BCUT2D eigenvalue weighted by molar-refractivity contribution is -0.138. The van der Waals surface area contributed by atoms with Gasteiger partial charge in [0.25, 0.3) is 0 Å². The molecular formula is C14H20O3. The number of benzene rings is 1. The fourth-order valence-corrected chi connectivity index (χ4v) is 1.56. The van der Waals surface area contributed by atoms with Crippen molar-refractivity contribution >= 4 is 5.97 Å². The van der Waals surface area contributed by atoms with Crippen molar-refractivity contribution < 1.29 is 14.6 Å². The maximum Gasteiger partial charge on any atom is 0.307 e. The van der Waals surface area contributed by atoms with Crippen LogP contribution in [-0.2, 0) is 10.2 Å². The fourth-order valence-electron chi connectivity index (χ4n) is 1.56. The van der Waals surface area contributed by atoms with E-state index in [1.165, 1.54) is 5.56 Å². The zero-order valence-electron chi connectivity index (χ0n) is 10.9. The monoisotopic (exact) mass is 236 g/mol. The van der Waals surface area contributed by atoms with E-state index in [-0.39, 0.29) is 17.9 Å². The number of carbonyl (C=O) groups is 1. The van der Waals surface area contributed by atoms with Crippen LogP contribution in [0.1, 0.15) is 39.7 Å². The van der Waals surface area contributed by atoms with Crippen LogP contribution < -0.4 is 4.74 Å². The first-order valence-corrected chi connectivity index (χ1v) is 5.78. The molecule has 0 amide bonds. The van der Waals surface area contributed by atoms with E-state index < -0.39 is 5.97 Å². The molecule has 0 unspecified atom stereocenters. The van der Waals surface area contributed by atoms with Crippen LogP contribution in [-0.4, -0.2) is 17.2 Å². The molecule has 0 heterocycles. The molecule has 0 bridgehead atoms. The molecule has 1 aromatic carbocycles. The third kappa shape index (κ3) is 4.47. The molecule has 3 heteroatoms. The molecule has 1 N–H and O–H groups in total. The van der Waals surface area contributed by atoms with Gasteiger partial charge in [-0.05, 0) is 30.0 Å². The van der Waals surface area contributed by atoms with E-state index >= 15 is 0 Å². The third-order valence-electron chi connectivity index (χ3n) is 2.50. The number of hydrogen-bond acceptors (Lipinski definition) is 2. The van der Waals surface area contributed by atoms with Crippen molar-refractivity contribution in [2.75, 3.05) is 0 Å². The summed E-state index contributed by atoms with van der Waals surface area (Å²) in [4.78, 5) is 10.5. The maximum absolute atomic E-state index is 10.5. The summed E-state index contributed by atoms with van der Waals surface area (Å²) in [5.41, 5.74) is 1.24. The topological polar surface area (TPSA) is 46.5 Å². The normalized spacial score (nSPS) is 13.2. The summed E-state index contributed by atoms with van der Waals surface area (Å²) in [5.74, 6) is -0.115. The molecule has 0 aromatic heterocycles. The smallest absolute Gasteiger partial charge is 0.307 e. The van der Waals surface area contributed by atoms with Gasteiger partial charge in [0, 0.05) is 0 Å². The van der Waals surface area contributed by atoms with Gasteiger partial charge in [-0.2, -0.15) is 0 Å². The van der Waals surface area contributed by atoms with Crippen LogP contribution in [0, 0.1) is 0 Å². The molecule has 0 aliphatic heterocycles. The van der Waals surface area contributed by atoms with Gasteiger partial charge in [0.15, 0.2) is 0 Å². The Labute approximate surface area is 102 Å². The Bertz CT molecular complexity index is 391. The van der Waals surface area contributed by atoms with E-state index in [1.54, 1.807) is 6.92 Å². The lowest BCUT2D eigenvalue weighted by Crippen LogP contribution is -2.17. The lowest BCUT2D eigenvalue weighted by Gasteiger charge is -2.20. The molecule has 0 radical (unpaired) electrons. The first-order valence-electron chi connectivity index (χ1n) is 5.78. The van der Waals surface area contributed by atoms with Crippen LogP contribution in [0.2, 0.25) is 0 Å². The van der Waals surface area contributed by atoms with Crippen molar-refractivity contribution in [2.45, 2.75) is 45.6 Å². The summed E-state index contributed by atoms with van der Waals surface area (Å²) in [7, 11) is 0. The van der Waals surface area contributed by atoms with Gasteiger partial charge in [0.05, 0.1) is 6.42 Å². The second-order valence-electron chi connectivity index (χ2n) is 5.30. The van der Waals surface area contributed by atoms with Crippen LogP contribution in [0.15, 0.2) is 24.3 Å². The van der Waals surface area contributed by atoms with Crippen molar-refractivity contribution in [1.82, 2.24) is 0 Å². The number of hydrogen-bond donors (Lipinski definition) is 1. The van der Waals surface area contributed by atoms with Gasteiger partial charge in [-0.3, -0.25) is 4.79 Å². The molecular weight excluding hydrogens is 216 g/mol. The van der Waals surface area contributed by atoms with E-state index in [9.17, 15) is 4.79 Å². The first-order chi connectivity index (χ1) is 7.79. The zero-order valence-corrected chi connectivity index (χ0v) is 10.9. The average Bonchev–Trinajstić information content (AvgIpc) is 2.15. The molecule has 1 rings (SSSR count). The molecule has 0 aliphatic carbocycles. The van der Waals surface area contributed by atoms with E-state index in [0.29, 0.717) is 0 Å². The number of rotatable bonds is 4. The molecule has 17 heavy (non-hydrogen) atoms. The SMILES string of the molecule is C[C@@H](CC(=O)O)Oc1cccc(C(C)(C)C)c1. The van der Waals surface area contributed by atoms with Gasteiger partial charge in [-0.15, -0.1) is 0 Å². The third-order valence-corrected chi connectivity index (χ3v) is 2.50. The second-order valence-corrected chi connectivity index (χ2v) is 5.30. The maximum atomic E-state index is 10.5. The molecule has 0 fully saturated rings. The van der Waals surface area contributed by atoms with Crippen molar-refractivity contribution in [3.8, 4) is 5.75 Å². The summed E-state index contributed by atoms with van der Waals surface area (Å²) in [6.45, 7) is 8.16. The Morgan fingerprint density at radius 3 is 2.59 bits per heavy atom. The fraction of sp³-hybridized carbons (Fsp3) is 0.500. The average molecular weight is 236 g/mol. The Morgan fingerprint density at radius 2 is 2.06 bits per heavy atom. The summed E-state index contributed by atoms with van der Waals surface area (Å²) in [6.07, 6.45) is -0.303. The zero-order chi connectivity index (χ0) is 13.1. The Morgan fingerprint density at radius 1 is 1.41 bits per heavy atom. The van der Waals surface area contributed by atoms with Gasteiger partial charge >= 0.3 is 5.97 Å². The summed E-state index contributed by atoms with van der Waals surface area (Å²) in [5, 5.41) is 8.67. The number of carboxylic acids is 1. The Hall–Kier alpha value is -1.51. The molecule has 0 aliphatic rings. The Kier molecular flexibility index (Phi) is 4.16. The van der Waals surface area contributed by atoms with Crippen molar-refractivity contribution in [3.63, 3.8) is 0 Å². The highest BCUT2D eigenvalue weighted by molar-refractivity contribution is 5.67. The van der Waals surface area contributed by atoms with Crippen molar-refractivity contribution in [3.05, 3.63) is 29.8 Å². The molecule has 0 spiro atoms. The summed E-state index contributed by atoms with van der Waals surface area (Å²) in [6, 6.07) is 7.81. The molecule has 1 atom stereocenters. The van der Waals surface area contributed by atoms with Crippen molar-refractivity contribution in [1.29, 1.82) is 0 Å². The highest BCUT2D eigenvalue weighted by atomic mass is 16.5. The Balaban J connectivity index is 2.76. The van der Waals surface area contributed by atoms with Crippen LogP contribution in [0.25, 0.3) is 0 Å². The number of aliphatic carboxylic acids is 1. The molecule has 0 saturated carbocycles. The standard InChI is InChI=1S/C14H20O3/c1-10(8-13(15)16)17-12-7-5-6-11(9-12)14(2,3)4/h5-7,9-10H,8H2,1-4H3,(H,15,16)/t10-/m0/s1. The largest absolute Gasteiger partial charge is 0.490 e. The van der Waals surface area contributed by atoms with Crippen LogP contribution in [0.4, 0.5) is 0 Å². The highest BCUT2D eigenvalue weighted by Gasteiger charge is 2.15. The van der Waals surface area contributed by atoms with Crippen LogP contribution >= 0.6 is 0 Å². The van der Waals surface area contributed by atoms with Gasteiger partial charge < -0.3 is 9.84 Å². The minimum absolute atomic E-state index is 0.0136. The predicted molar refractivity (Wildman–Crippen MR) is 67.5 cm³/mol. The van der Waals surface area contributed by atoms with E-state index in [0.717, 1.165) is 5.75 Å². The minimum Gasteiger partial charge on any atom is -0.490 e. The van der Waals surface area contributed by atoms with Gasteiger partial charge in [0.1, 0.15) is 11.9 Å². The van der Waals surface area contributed by atoms with Crippen LogP contribution in [0.5, 0.6) is 5.75 Å². The summed E-state index contributed by atoms with van der Waals surface area (Å²) >= 11 is 0. The van der Waals surface area contributed by atoms with E-state index in [4.69, 9.17) is 9.84 Å².